The van der Waals surface area contributed by atoms with Gasteiger partial charge in [0.15, 0.2) is 17.3 Å². The van der Waals surface area contributed by atoms with E-state index in [1.807, 2.05) is 20.8 Å². The van der Waals surface area contributed by atoms with Gasteiger partial charge in [-0.2, -0.15) is 0 Å². The summed E-state index contributed by atoms with van der Waals surface area (Å²) in [7, 11) is 1.47. The fourth-order valence-corrected chi connectivity index (χ4v) is 2.50. The second kappa shape index (κ2) is 5.24. The fourth-order valence-electron chi connectivity index (χ4n) is 2.50. The van der Waals surface area contributed by atoms with Crippen molar-refractivity contribution in [2.45, 2.75) is 38.3 Å². The van der Waals surface area contributed by atoms with Crippen molar-refractivity contribution in [1.29, 1.82) is 0 Å². The summed E-state index contributed by atoms with van der Waals surface area (Å²) in [5.74, 6) is -0.276. The van der Waals surface area contributed by atoms with E-state index in [2.05, 4.69) is 9.97 Å². The van der Waals surface area contributed by atoms with Gasteiger partial charge in [0.1, 0.15) is 6.33 Å². The molecule has 1 atom stereocenters. The molecule has 112 valence electrons. The quantitative estimate of drug-likeness (QED) is 0.855. The number of alkyl halides is 1. The SMILES string of the molecule is COCC1(F)CCN(c2ncnc(C(C)(C)C)c2F)C1. The number of anilines is 1. The summed E-state index contributed by atoms with van der Waals surface area (Å²) in [6.45, 7) is 6.20. The second-order valence-corrected chi connectivity index (χ2v) is 6.37. The molecule has 0 aromatic carbocycles. The summed E-state index contributed by atoms with van der Waals surface area (Å²) in [5.41, 5.74) is -1.50. The lowest BCUT2D eigenvalue weighted by molar-refractivity contribution is 0.0570. The molecule has 0 aliphatic carbocycles. The van der Waals surface area contributed by atoms with Crippen molar-refractivity contribution in [2.75, 3.05) is 31.7 Å². The number of hydrogen-bond acceptors (Lipinski definition) is 4. The molecule has 6 heteroatoms. The van der Waals surface area contributed by atoms with Crippen LogP contribution in [0.2, 0.25) is 0 Å². The van der Waals surface area contributed by atoms with E-state index in [9.17, 15) is 8.78 Å². The number of hydrogen-bond donors (Lipinski definition) is 0. The highest BCUT2D eigenvalue weighted by Gasteiger charge is 2.40. The van der Waals surface area contributed by atoms with Gasteiger partial charge in [-0.05, 0) is 0 Å². The zero-order valence-electron chi connectivity index (χ0n) is 12.4. The van der Waals surface area contributed by atoms with Crippen LogP contribution in [0.3, 0.4) is 0 Å². The lowest BCUT2D eigenvalue weighted by atomic mass is 9.91. The minimum absolute atomic E-state index is 0.0162. The molecule has 0 spiro atoms. The standard InChI is InChI=1S/C14H21F2N3O/c1-13(2,3)11-10(15)12(18-9-17-11)19-6-5-14(16,7-19)8-20-4/h9H,5-8H2,1-4H3. The smallest absolute Gasteiger partial charge is 0.187 e. The van der Waals surface area contributed by atoms with Crippen LogP contribution >= 0.6 is 0 Å². The fraction of sp³-hybridized carbons (Fsp3) is 0.714. The molecule has 0 saturated carbocycles. The highest BCUT2D eigenvalue weighted by Crippen LogP contribution is 2.33. The molecule has 1 aromatic heterocycles. The van der Waals surface area contributed by atoms with Crippen molar-refractivity contribution in [3.63, 3.8) is 0 Å². The van der Waals surface area contributed by atoms with Crippen LogP contribution in [0.1, 0.15) is 32.9 Å². The first-order valence-electron chi connectivity index (χ1n) is 6.71. The maximum absolute atomic E-state index is 14.5. The number of nitrogens with zero attached hydrogens (tertiary/aromatic N) is 3. The number of ether oxygens (including phenoxy) is 1. The predicted molar refractivity (Wildman–Crippen MR) is 73.2 cm³/mol. The van der Waals surface area contributed by atoms with E-state index < -0.39 is 16.9 Å². The number of methoxy groups -OCH3 is 1. The Balaban J connectivity index is 2.27. The molecule has 1 unspecified atom stereocenters. The van der Waals surface area contributed by atoms with Crippen LogP contribution in [-0.2, 0) is 10.2 Å². The third-order valence-corrected chi connectivity index (χ3v) is 3.49. The molecule has 0 amide bonds. The van der Waals surface area contributed by atoms with Crippen LogP contribution in [0.5, 0.6) is 0 Å². The zero-order valence-corrected chi connectivity index (χ0v) is 12.4. The van der Waals surface area contributed by atoms with Crippen LogP contribution in [-0.4, -0.2) is 42.4 Å². The normalized spacial score (nSPS) is 23.4. The maximum atomic E-state index is 14.5. The van der Waals surface area contributed by atoms with E-state index in [0.717, 1.165) is 0 Å². The lowest BCUT2D eigenvalue weighted by Gasteiger charge is -2.24. The molecular formula is C14H21F2N3O. The Morgan fingerprint density at radius 1 is 1.40 bits per heavy atom. The van der Waals surface area contributed by atoms with Crippen molar-refractivity contribution < 1.29 is 13.5 Å². The Kier molecular flexibility index (Phi) is 3.95. The topological polar surface area (TPSA) is 38.2 Å². The average Bonchev–Trinajstić information content (AvgIpc) is 2.71. The first-order chi connectivity index (χ1) is 9.27. The lowest BCUT2D eigenvalue weighted by Crippen LogP contribution is -2.34. The highest BCUT2D eigenvalue weighted by molar-refractivity contribution is 5.44. The summed E-state index contributed by atoms with van der Waals surface area (Å²) >= 11 is 0. The first-order valence-corrected chi connectivity index (χ1v) is 6.71. The Bertz CT molecular complexity index is 490. The van der Waals surface area contributed by atoms with E-state index in [0.29, 0.717) is 18.7 Å². The third kappa shape index (κ3) is 2.90. The van der Waals surface area contributed by atoms with Crippen molar-refractivity contribution in [2.24, 2.45) is 0 Å². The van der Waals surface area contributed by atoms with Crippen LogP contribution in [0.4, 0.5) is 14.6 Å². The molecular weight excluding hydrogens is 264 g/mol. The largest absolute Gasteiger partial charge is 0.381 e. The summed E-state index contributed by atoms with van der Waals surface area (Å²) in [6, 6.07) is 0. The van der Waals surface area contributed by atoms with Crippen molar-refractivity contribution in [3.05, 3.63) is 17.8 Å². The number of halogens is 2. The minimum atomic E-state index is -1.44. The van der Waals surface area contributed by atoms with Gasteiger partial charge < -0.3 is 9.64 Å². The Morgan fingerprint density at radius 3 is 2.70 bits per heavy atom. The monoisotopic (exact) mass is 285 g/mol. The summed E-state index contributed by atoms with van der Waals surface area (Å²) in [5, 5.41) is 0. The van der Waals surface area contributed by atoms with E-state index in [1.165, 1.54) is 13.4 Å². The molecule has 1 aliphatic heterocycles. The highest BCUT2D eigenvalue weighted by atomic mass is 19.1. The van der Waals surface area contributed by atoms with Gasteiger partial charge in [-0.3, -0.25) is 0 Å². The molecule has 1 saturated heterocycles. The Morgan fingerprint density at radius 2 is 2.10 bits per heavy atom. The van der Waals surface area contributed by atoms with Gasteiger partial charge >= 0.3 is 0 Å². The van der Waals surface area contributed by atoms with Gasteiger partial charge in [0.2, 0.25) is 0 Å². The summed E-state index contributed by atoms with van der Waals surface area (Å²) < 4.78 is 33.8. The van der Waals surface area contributed by atoms with Crippen LogP contribution < -0.4 is 4.90 Å². The van der Waals surface area contributed by atoms with Crippen LogP contribution in [0.15, 0.2) is 6.33 Å². The van der Waals surface area contributed by atoms with Gasteiger partial charge in [-0.15, -0.1) is 0 Å². The molecule has 0 N–H and O–H groups in total. The van der Waals surface area contributed by atoms with Crippen molar-refractivity contribution in [1.82, 2.24) is 9.97 Å². The second-order valence-electron chi connectivity index (χ2n) is 6.37. The first kappa shape index (κ1) is 15.1. The van der Waals surface area contributed by atoms with Crippen molar-refractivity contribution in [3.8, 4) is 0 Å². The molecule has 20 heavy (non-hydrogen) atoms. The molecule has 2 rings (SSSR count). The summed E-state index contributed by atoms with van der Waals surface area (Å²) in [6.07, 6.45) is 1.66. The molecule has 1 aliphatic rings. The Labute approximate surface area is 118 Å². The van der Waals surface area contributed by atoms with Gasteiger partial charge in [0.05, 0.1) is 18.8 Å². The van der Waals surface area contributed by atoms with E-state index >= 15 is 0 Å². The Hall–Kier alpha value is -1.30. The third-order valence-electron chi connectivity index (χ3n) is 3.49. The van der Waals surface area contributed by atoms with E-state index in [1.54, 1.807) is 4.90 Å². The molecule has 1 fully saturated rings. The van der Waals surface area contributed by atoms with Crippen LogP contribution in [0.25, 0.3) is 0 Å². The number of aromatic nitrogens is 2. The van der Waals surface area contributed by atoms with Gasteiger partial charge in [0.25, 0.3) is 0 Å². The van der Waals surface area contributed by atoms with Crippen molar-refractivity contribution >= 4 is 5.82 Å². The molecule has 0 radical (unpaired) electrons. The predicted octanol–water partition coefficient (Wildman–Crippen LogP) is 2.48. The molecule has 0 bridgehead atoms. The molecule has 1 aromatic rings. The summed E-state index contributed by atoms with van der Waals surface area (Å²) in [4.78, 5) is 9.65. The minimum Gasteiger partial charge on any atom is -0.381 e. The van der Waals surface area contributed by atoms with Crippen LogP contribution in [0, 0.1) is 5.82 Å². The van der Waals surface area contributed by atoms with E-state index in [4.69, 9.17) is 4.74 Å². The van der Waals surface area contributed by atoms with Gasteiger partial charge in [-0.1, -0.05) is 20.8 Å². The van der Waals surface area contributed by atoms with E-state index in [-0.39, 0.29) is 19.0 Å². The maximum Gasteiger partial charge on any atom is 0.187 e. The van der Waals surface area contributed by atoms with Gasteiger partial charge in [0, 0.05) is 25.5 Å². The average molecular weight is 285 g/mol. The molecule has 4 nitrogen and oxygen atoms in total. The van der Waals surface area contributed by atoms with Gasteiger partial charge in [-0.25, -0.2) is 18.7 Å². The number of rotatable bonds is 3. The zero-order chi connectivity index (χ0) is 15.0. The molecule has 2 heterocycles.